The van der Waals surface area contributed by atoms with E-state index >= 15 is 0 Å². The van der Waals surface area contributed by atoms with Crippen molar-refractivity contribution in [2.45, 2.75) is 33.7 Å². The van der Waals surface area contributed by atoms with Crippen molar-refractivity contribution in [3.8, 4) is 0 Å². The van der Waals surface area contributed by atoms with Crippen LogP contribution in [0, 0.1) is 13.8 Å². The van der Waals surface area contributed by atoms with Crippen molar-refractivity contribution in [3.05, 3.63) is 28.8 Å². The maximum absolute atomic E-state index is 5.60. The molecule has 18 heavy (non-hydrogen) atoms. The summed E-state index contributed by atoms with van der Waals surface area (Å²) < 4.78 is 5.12. The van der Waals surface area contributed by atoms with Gasteiger partial charge in [0.05, 0.1) is 5.69 Å². The molecule has 2 aromatic heterocycles. The van der Waals surface area contributed by atoms with Crippen molar-refractivity contribution in [1.82, 2.24) is 15.1 Å². The third kappa shape index (κ3) is 2.42. The lowest BCUT2D eigenvalue weighted by Crippen LogP contribution is -2.08. The van der Waals surface area contributed by atoms with Gasteiger partial charge in [-0.1, -0.05) is 12.1 Å². The van der Waals surface area contributed by atoms with Gasteiger partial charge in [0.2, 0.25) is 5.95 Å². The minimum Gasteiger partial charge on any atom is -0.368 e. The Hall–Kier alpha value is -2.11. The summed E-state index contributed by atoms with van der Waals surface area (Å²) in [6.45, 7) is 6.48. The van der Waals surface area contributed by atoms with E-state index in [4.69, 9.17) is 10.3 Å². The molecule has 0 aliphatic rings. The predicted octanol–water partition coefficient (Wildman–Crippen LogP) is 1.84. The Morgan fingerprint density at radius 3 is 2.78 bits per heavy atom. The van der Waals surface area contributed by atoms with Gasteiger partial charge in [0.1, 0.15) is 11.6 Å². The fraction of sp³-hybridized carbons (Fsp3) is 0.417. The number of rotatable bonds is 4. The van der Waals surface area contributed by atoms with Gasteiger partial charge in [0, 0.05) is 23.9 Å². The summed E-state index contributed by atoms with van der Waals surface area (Å²) in [6, 6.07) is 0. The standard InChI is InChI=1S/C12H17N5O/c1-4-9-5-15-12(13)16-11(9)14-6-10-7(2)17-18-8(10)3/h5H,4,6H2,1-3H3,(H3,13,14,15,16). The molecule has 0 atom stereocenters. The van der Waals surface area contributed by atoms with E-state index in [0.717, 1.165) is 34.8 Å². The van der Waals surface area contributed by atoms with Gasteiger partial charge >= 0.3 is 0 Å². The van der Waals surface area contributed by atoms with Crippen molar-refractivity contribution < 1.29 is 4.52 Å². The number of nitrogen functional groups attached to an aromatic ring is 1. The minimum atomic E-state index is 0.272. The first-order valence-electron chi connectivity index (χ1n) is 5.88. The summed E-state index contributed by atoms with van der Waals surface area (Å²) in [5.41, 5.74) is 8.57. The van der Waals surface area contributed by atoms with E-state index < -0.39 is 0 Å². The monoisotopic (exact) mass is 247 g/mol. The average molecular weight is 247 g/mol. The van der Waals surface area contributed by atoms with E-state index in [-0.39, 0.29) is 5.95 Å². The smallest absolute Gasteiger partial charge is 0.221 e. The molecule has 2 rings (SSSR count). The van der Waals surface area contributed by atoms with Crippen molar-refractivity contribution >= 4 is 11.8 Å². The summed E-state index contributed by atoms with van der Waals surface area (Å²) in [5, 5.41) is 7.17. The molecule has 6 heteroatoms. The topological polar surface area (TPSA) is 89.9 Å². The number of aryl methyl sites for hydroxylation is 3. The van der Waals surface area contributed by atoms with E-state index in [0.29, 0.717) is 6.54 Å². The van der Waals surface area contributed by atoms with Crippen molar-refractivity contribution in [1.29, 1.82) is 0 Å². The highest BCUT2D eigenvalue weighted by Crippen LogP contribution is 2.17. The molecule has 0 amide bonds. The summed E-state index contributed by atoms with van der Waals surface area (Å²) >= 11 is 0. The van der Waals surface area contributed by atoms with Gasteiger partial charge in [0.25, 0.3) is 0 Å². The van der Waals surface area contributed by atoms with Gasteiger partial charge < -0.3 is 15.6 Å². The predicted molar refractivity (Wildman–Crippen MR) is 69.1 cm³/mol. The fourth-order valence-corrected chi connectivity index (χ4v) is 1.76. The Labute approximate surface area is 106 Å². The molecule has 0 bridgehead atoms. The van der Waals surface area contributed by atoms with Crippen LogP contribution in [-0.2, 0) is 13.0 Å². The third-order valence-electron chi connectivity index (χ3n) is 2.88. The molecule has 6 nitrogen and oxygen atoms in total. The van der Waals surface area contributed by atoms with Gasteiger partial charge in [-0.2, -0.15) is 4.98 Å². The van der Waals surface area contributed by atoms with Crippen LogP contribution in [-0.4, -0.2) is 15.1 Å². The normalized spacial score (nSPS) is 10.6. The van der Waals surface area contributed by atoms with Gasteiger partial charge in [-0.3, -0.25) is 0 Å². The lowest BCUT2D eigenvalue weighted by atomic mass is 10.2. The van der Waals surface area contributed by atoms with Gasteiger partial charge in [-0.05, 0) is 20.3 Å². The lowest BCUT2D eigenvalue weighted by Gasteiger charge is -2.09. The van der Waals surface area contributed by atoms with Crippen LogP contribution in [0.5, 0.6) is 0 Å². The zero-order valence-corrected chi connectivity index (χ0v) is 10.8. The third-order valence-corrected chi connectivity index (χ3v) is 2.88. The molecule has 0 saturated heterocycles. The summed E-state index contributed by atoms with van der Waals surface area (Å²) in [6.07, 6.45) is 2.60. The van der Waals surface area contributed by atoms with Crippen LogP contribution in [0.25, 0.3) is 0 Å². The minimum absolute atomic E-state index is 0.272. The second-order valence-electron chi connectivity index (χ2n) is 4.11. The van der Waals surface area contributed by atoms with Crippen molar-refractivity contribution in [3.63, 3.8) is 0 Å². The van der Waals surface area contributed by atoms with E-state index in [1.807, 2.05) is 13.8 Å². The Balaban J connectivity index is 2.17. The molecule has 0 aromatic carbocycles. The number of hydrogen-bond acceptors (Lipinski definition) is 6. The molecular weight excluding hydrogens is 230 g/mol. The molecule has 0 unspecified atom stereocenters. The van der Waals surface area contributed by atoms with Crippen LogP contribution >= 0.6 is 0 Å². The van der Waals surface area contributed by atoms with Crippen LogP contribution in [0.15, 0.2) is 10.7 Å². The highest BCUT2D eigenvalue weighted by molar-refractivity contribution is 5.46. The zero-order chi connectivity index (χ0) is 13.1. The summed E-state index contributed by atoms with van der Waals surface area (Å²) in [4.78, 5) is 8.19. The second kappa shape index (κ2) is 5.03. The van der Waals surface area contributed by atoms with E-state index in [1.54, 1.807) is 6.20 Å². The first kappa shape index (κ1) is 12.3. The highest BCUT2D eigenvalue weighted by Gasteiger charge is 2.10. The number of aromatic nitrogens is 3. The van der Waals surface area contributed by atoms with Crippen LogP contribution in [0.1, 0.15) is 29.5 Å². The molecule has 2 heterocycles. The molecule has 0 radical (unpaired) electrons. The Bertz CT molecular complexity index is 530. The van der Waals surface area contributed by atoms with Gasteiger partial charge in [0.15, 0.2) is 0 Å². The molecule has 0 fully saturated rings. The summed E-state index contributed by atoms with van der Waals surface area (Å²) in [7, 11) is 0. The van der Waals surface area contributed by atoms with Crippen molar-refractivity contribution in [2.24, 2.45) is 0 Å². The Morgan fingerprint density at radius 1 is 1.39 bits per heavy atom. The first-order chi connectivity index (χ1) is 8.61. The second-order valence-corrected chi connectivity index (χ2v) is 4.11. The van der Waals surface area contributed by atoms with Crippen LogP contribution in [0.4, 0.5) is 11.8 Å². The number of anilines is 2. The highest BCUT2D eigenvalue weighted by atomic mass is 16.5. The SMILES string of the molecule is CCc1cnc(N)nc1NCc1c(C)noc1C. The molecule has 0 aliphatic carbocycles. The molecule has 0 aliphatic heterocycles. The first-order valence-corrected chi connectivity index (χ1v) is 5.88. The van der Waals surface area contributed by atoms with Crippen LogP contribution in [0.3, 0.4) is 0 Å². The lowest BCUT2D eigenvalue weighted by molar-refractivity contribution is 0.392. The zero-order valence-electron chi connectivity index (χ0n) is 10.8. The molecule has 0 saturated carbocycles. The number of hydrogen-bond donors (Lipinski definition) is 2. The van der Waals surface area contributed by atoms with Crippen LogP contribution in [0.2, 0.25) is 0 Å². The Morgan fingerprint density at radius 2 is 2.17 bits per heavy atom. The van der Waals surface area contributed by atoms with E-state index in [1.165, 1.54) is 0 Å². The number of nitrogens with one attached hydrogen (secondary N) is 1. The fourth-order valence-electron chi connectivity index (χ4n) is 1.76. The molecular formula is C12H17N5O. The molecule has 0 spiro atoms. The largest absolute Gasteiger partial charge is 0.368 e. The number of nitrogens with zero attached hydrogens (tertiary/aromatic N) is 3. The molecule has 2 aromatic rings. The summed E-state index contributed by atoms with van der Waals surface area (Å²) in [5.74, 6) is 1.86. The quantitative estimate of drug-likeness (QED) is 0.856. The molecule has 3 N–H and O–H groups in total. The number of nitrogens with two attached hydrogens (primary N) is 1. The van der Waals surface area contributed by atoms with Gasteiger partial charge in [-0.15, -0.1) is 0 Å². The van der Waals surface area contributed by atoms with Crippen LogP contribution < -0.4 is 11.1 Å². The maximum atomic E-state index is 5.60. The van der Waals surface area contributed by atoms with Crippen molar-refractivity contribution in [2.75, 3.05) is 11.1 Å². The van der Waals surface area contributed by atoms with E-state index in [9.17, 15) is 0 Å². The van der Waals surface area contributed by atoms with Gasteiger partial charge in [-0.25, -0.2) is 4.98 Å². The molecule has 96 valence electrons. The maximum Gasteiger partial charge on any atom is 0.221 e. The van der Waals surface area contributed by atoms with E-state index in [2.05, 4.69) is 27.4 Å². The Kier molecular flexibility index (Phi) is 3.45. The average Bonchev–Trinajstić information content (AvgIpc) is 2.67.